The minimum atomic E-state index is -0.648. The highest BCUT2D eigenvalue weighted by molar-refractivity contribution is 7.16. The van der Waals surface area contributed by atoms with Gasteiger partial charge in [0.15, 0.2) is 0 Å². The Hall–Kier alpha value is -5.12. The summed E-state index contributed by atoms with van der Waals surface area (Å²) in [4.78, 5) is 69.3. The van der Waals surface area contributed by atoms with Gasteiger partial charge in [-0.15, -0.1) is 11.3 Å². The molecule has 4 amide bonds. The van der Waals surface area contributed by atoms with Gasteiger partial charge in [-0.2, -0.15) is 0 Å². The molecule has 5 saturated heterocycles. The minimum Gasteiger partial charge on any atom is -0.496 e. The van der Waals surface area contributed by atoms with Crippen LogP contribution in [0.1, 0.15) is 92.7 Å². The Bertz CT molecular complexity index is 2470. The Morgan fingerprint density at radius 3 is 2.14 bits per heavy atom. The molecule has 3 aromatic carbocycles. The summed E-state index contributed by atoms with van der Waals surface area (Å²) >= 11 is 1.55. The lowest BCUT2D eigenvalue weighted by Gasteiger charge is -2.56. The molecule has 13 nitrogen and oxygen atoms in total. The number of nitrogens with one attached hydrogen (secondary N) is 1. The molecule has 2 atom stereocenters. The quantitative estimate of drug-likeness (QED) is 0.119. The van der Waals surface area contributed by atoms with Gasteiger partial charge in [0, 0.05) is 101 Å². The zero-order chi connectivity index (χ0) is 45.0. The highest BCUT2D eigenvalue weighted by Gasteiger charge is 2.60. The zero-order valence-corrected chi connectivity index (χ0v) is 38.7. The molecule has 6 aliphatic rings. The number of thiazole rings is 1. The van der Waals surface area contributed by atoms with E-state index in [2.05, 4.69) is 49.8 Å². The first-order chi connectivity index (χ1) is 31.6. The number of piperidine rings is 3. The number of halogens is 1. The summed E-state index contributed by atoms with van der Waals surface area (Å²) in [5.74, 6) is 0.847. The first-order valence-electron chi connectivity index (χ1n) is 23.8. The number of carbonyl (C=O) groups excluding carboxylic acids is 4. The third-order valence-electron chi connectivity index (χ3n) is 15.8. The van der Waals surface area contributed by atoms with E-state index >= 15 is 4.39 Å². The number of hydrogen-bond acceptors (Lipinski definition) is 11. The summed E-state index contributed by atoms with van der Waals surface area (Å²) in [5, 5.41) is 2.39. The molecule has 1 aromatic heterocycles. The molecule has 344 valence electrons. The maximum Gasteiger partial charge on any atom is 0.255 e. The fourth-order valence-electron chi connectivity index (χ4n) is 11.9. The van der Waals surface area contributed by atoms with Crippen LogP contribution in [0.4, 0.5) is 21.5 Å². The molecule has 0 aliphatic carbocycles. The molecule has 1 N–H and O–H groups in total. The number of aromatic nitrogens is 1. The van der Waals surface area contributed by atoms with Crippen molar-refractivity contribution in [2.75, 3.05) is 87.3 Å². The molecule has 0 radical (unpaired) electrons. The number of ether oxygens (including phenoxy) is 1. The maximum absolute atomic E-state index is 16.4. The average Bonchev–Trinajstić information content (AvgIpc) is 3.94. The Morgan fingerprint density at radius 2 is 1.49 bits per heavy atom. The van der Waals surface area contributed by atoms with E-state index in [0.29, 0.717) is 60.2 Å². The molecular formula is C50H61FN8O5S. The van der Waals surface area contributed by atoms with Crippen molar-refractivity contribution in [2.45, 2.75) is 83.8 Å². The molecule has 0 spiro atoms. The molecule has 0 unspecified atom stereocenters. The summed E-state index contributed by atoms with van der Waals surface area (Å²) in [6, 6.07) is 14.5. The number of β-lactam (4-membered cyclic amide) rings is 1. The van der Waals surface area contributed by atoms with Gasteiger partial charge < -0.3 is 34.1 Å². The third-order valence-corrected chi connectivity index (χ3v) is 16.6. The van der Waals surface area contributed by atoms with Crippen LogP contribution in [0.3, 0.4) is 0 Å². The van der Waals surface area contributed by atoms with Gasteiger partial charge in [0.1, 0.15) is 23.1 Å². The molecule has 65 heavy (non-hydrogen) atoms. The van der Waals surface area contributed by atoms with E-state index in [9.17, 15) is 19.2 Å². The molecule has 5 fully saturated rings. The van der Waals surface area contributed by atoms with Crippen molar-refractivity contribution in [1.82, 2.24) is 25.0 Å². The van der Waals surface area contributed by atoms with Crippen LogP contribution in [-0.4, -0.2) is 122 Å². The molecule has 0 saturated carbocycles. The van der Waals surface area contributed by atoms with Crippen molar-refractivity contribution < 1.29 is 28.3 Å². The lowest BCUT2D eigenvalue weighted by atomic mass is 9.64. The fourth-order valence-corrected chi connectivity index (χ4v) is 12.6. The largest absolute Gasteiger partial charge is 0.496 e. The van der Waals surface area contributed by atoms with Crippen LogP contribution in [0.25, 0.3) is 10.2 Å². The van der Waals surface area contributed by atoms with E-state index in [-0.39, 0.29) is 41.9 Å². The summed E-state index contributed by atoms with van der Waals surface area (Å²) in [5.41, 5.74) is 6.74. The monoisotopic (exact) mass is 904 g/mol. The van der Waals surface area contributed by atoms with Gasteiger partial charge in [0.25, 0.3) is 5.91 Å². The van der Waals surface area contributed by atoms with E-state index in [1.807, 2.05) is 41.3 Å². The highest BCUT2D eigenvalue weighted by Crippen LogP contribution is 2.59. The highest BCUT2D eigenvalue weighted by atomic mass is 32.1. The van der Waals surface area contributed by atoms with Crippen LogP contribution in [0.2, 0.25) is 0 Å². The first-order valence-corrected chi connectivity index (χ1v) is 24.7. The van der Waals surface area contributed by atoms with Crippen molar-refractivity contribution in [3.05, 3.63) is 76.5 Å². The molecule has 7 heterocycles. The summed E-state index contributed by atoms with van der Waals surface area (Å²) < 4.78 is 23.5. The van der Waals surface area contributed by atoms with E-state index in [4.69, 9.17) is 4.74 Å². The predicted molar refractivity (Wildman–Crippen MR) is 251 cm³/mol. The Labute approximate surface area is 384 Å². The number of imide groups is 1. The second-order valence-electron chi connectivity index (χ2n) is 19.2. The number of nitrogens with zero attached hydrogens (tertiary/aromatic N) is 7. The zero-order valence-electron chi connectivity index (χ0n) is 37.9. The molecule has 10 rings (SSSR count). The van der Waals surface area contributed by atoms with Gasteiger partial charge in [0.05, 0.1) is 40.2 Å². The molecule has 0 bridgehead atoms. The smallest absolute Gasteiger partial charge is 0.255 e. The van der Waals surface area contributed by atoms with E-state index < -0.39 is 11.5 Å². The number of rotatable bonds is 12. The van der Waals surface area contributed by atoms with Crippen molar-refractivity contribution in [3.63, 3.8) is 0 Å². The number of anilines is 3. The number of benzene rings is 3. The number of methoxy groups -OCH3 is 1. The van der Waals surface area contributed by atoms with Gasteiger partial charge in [0.2, 0.25) is 17.7 Å². The van der Waals surface area contributed by atoms with Crippen molar-refractivity contribution >= 4 is 62.2 Å². The van der Waals surface area contributed by atoms with Gasteiger partial charge in [-0.3, -0.25) is 24.5 Å². The van der Waals surface area contributed by atoms with Crippen molar-refractivity contribution in [3.8, 4) is 5.75 Å². The first kappa shape index (κ1) is 43.8. The van der Waals surface area contributed by atoms with Gasteiger partial charge >= 0.3 is 0 Å². The van der Waals surface area contributed by atoms with Gasteiger partial charge in [-0.05, 0) is 98.7 Å². The fraction of sp³-hybridized carbons (Fsp3) is 0.540. The lowest BCUT2D eigenvalue weighted by Crippen LogP contribution is -2.63. The van der Waals surface area contributed by atoms with Crippen LogP contribution in [0.5, 0.6) is 5.75 Å². The second-order valence-corrected chi connectivity index (χ2v) is 20.1. The summed E-state index contributed by atoms with van der Waals surface area (Å²) in [6.07, 6.45) is 6.21. The summed E-state index contributed by atoms with van der Waals surface area (Å²) in [7, 11) is 1.64. The lowest BCUT2D eigenvalue weighted by molar-refractivity contribution is -0.141. The van der Waals surface area contributed by atoms with Crippen LogP contribution in [0.15, 0.2) is 54.0 Å². The van der Waals surface area contributed by atoms with Crippen LogP contribution in [-0.2, 0) is 20.9 Å². The number of fused-ring (bicyclic) bond motifs is 2. The minimum absolute atomic E-state index is 0.0536. The van der Waals surface area contributed by atoms with Gasteiger partial charge in [-0.1, -0.05) is 19.9 Å². The second kappa shape index (κ2) is 17.9. The number of amides is 4. The Kier molecular flexibility index (Phi) is 12.1. The number of piperazine rings is 1. The van der Waals surface area contributed by atoms with E-state index in [1.165, 1.54) is 0 Å². The van der Waals surface area contributed by atoms with Crippen LogP contribution < -0.4 is 24.8 Å². The van der Waals surface area contributed by atoms with E-state index in [0.717, 1.165) is 118 Å². The van der Waals surface area contributed by atoms with E-state index in [1.54, 1.807) is 34.9 Å². The standard InChI is InChI=1S/C50H61FN8O5S/c1-4-50(5-2)46(59(49(50)63)39-7-6-8-43-45(39)52-31-65-43)37-26-38(51)41(27-42(37)64-3)57-19-15-33(16-20-57)29-55-23-21-54(22-24-55)28-32-13-17-56(18-14-32)35-9-10-36-34(25-35)30-58(48(36)62)40-11-12-44(60)53-47(40)61/h6-10,25-27,31-33,40,46H,4-5,11-24,28-30H2,1-3H3,(H,53,60,61)/t40-,46-/m0/s1. The predicted octanol–water partition coefficient (Wildman–Crippen LogP) is 6.85. The van der Waals surface area contributed by atoms with Crippen molar-refractivity contribution in [1.29, 1.82) is 0 Å². The Morgan fingerprint density at radius 1 is 0.815 bits per heavy atom. The molecule has 4 aromatic rings. The van der Waals surface area contributed by atoms with Crippen LogP contribution in [0, 0.1) is 23.1 Å². The summed E-state index contributed by atoms with van der Waals surface area (Å²) in [6.45, 7) is 14.6. The van der Waals surface area contributed by atoms with Gasteiger partial charge in [-0.25, -0.2) is 9.37 Å². The average molecular weight is 905 g/mol. The third kappa shape index (κ3) is 7.94. The number of carbonyl (C=O) groups is 4. The topological polar surface area (TPSA) is 122 Å². The maximum atomic E-state index is 16.4. The molecular weight excluding hydrogens is 844 g/mol. The number of hydrogen-bond donors (Lipinski definition) is 1. The SMILES string of the molecule is CCC1(CC)C(=O)N(c2cccc3scnc23)[C@H]1c1cc(F)c(N2CCC(CN3CCN(CC4CCN(c5ccc6c(c5)CN([C@H]5CCC(=O)NC5=O)C6=O)CC4)CC3)CC2)cc1OC. The molecule has 15 heteroatoms. The normalized spacial score (nSPS) is 23.6. The Balaban J connectivity index is 0.694. The van der Waals surface area contributed by atoms with Crippen molar-refractivity contribution in [2.24, 2.45) is 17.3 Å². The number of para-hydroxylation sites is 1. The van der Waals surface area contributed by atoms with Crippen LogP contribution >= 0.6 is 11.3 Å². The molecule has 6 aliphatic heterocycles.